The molecule has 0 bridgehead atoms. The summed E-state index contributed by atoms with van der Waals surface area (Å²) in [4.78, 5) is 36.3. The summed E-state index contributed by atoms with van der Waals surface area (Å²) in [5.74, 6) is 8.48. The molecule has 0 unspecified atom stereocenters. The van der Waals surface area contributed by atoms with Crippen LogP contribution in [0.3, 0.4) is 0 Å². The van der Waals surface area contributed by atoms with Crippen LogP contribution in [-0.2, 0) is 9.53 Å². The number of carbonyl (C=O) groups excluding carboxylic acids is 2. The molecule has 2 aliphatic carbocycles. The van der Waals surface area contributed by atoms with Gasteiger partial charge >= 0.3 is 6.09 Å². The SMILES string of the molecule is CC(C)(C)OC(=O)N1CCC[C@H]1C(=O)CC1CC(C#Cc2cnc(Nc3ccc(C#N)cc3)nc2NC2CC2)C1. The van der Waals surface area contributed by atoms with E-state index in [1.165, 1.54) is 0 Å². The fourth-order valence-corrected chi connectivity index (χ4v) is 5.08. The van der Waals surface area contributed by atoms with Crippen molar-refractivity contribution < 1.29 is 14.3 Å². The second-order valence-corrected chi connectivity index (χ2v) is 12.0. The standard InChI is InChI=1S/C31H36N6O3/c1-31(2,3)40-30(39)37-14-4-5-26(37)27(38)17-22-15-21(16-22)6-9-23-19-33-29(36-28(23)34-24-12-13-24)35-25-10-7-20(18-32)8-11-25/h7-8,10-11,19,21-22,24,26H,4-5,12-17H2,1-3H3,(H2,33,34,35,36)/t21?,22?,26-/m0/s1. The van der Waals surface area contributed by atoms with Crippen molar-refractivity contribution in [1.82, 2.24) is 14.9 Å². The van der Waals surface area contributed by atoms with Gasteiger partial charge in [-0.1, -0.05) is 11.8 Å². The summed E-state index contributed by atoms with van der Waals surface area (Å²) < 4.78 is 5.51. The lowest BCUT2D eigenvalue weighted by Crippen LogP contribution is -2.44. The van der Waals surface area contributed by atoms with Crippen molar-refractivity contribution in [2.45, 2.75) is 83.4 Å². The fourth-order valence-electron chi connectivity index (χ4n) is 5.08. The van der Waals surface area contributed by atoms with Crippen molar-refractivity contribution >= 4 is 29.3 Å². The lowest BCUT2D eigenvalue weighted by Gasteiger charge is -2.33. The van der Waals surface area contributed by atoms with Gasteiger partial charge in [0, 0.05) is 30.6 Å². The summed E-state index contributed by atoms with van der Waals surface area (Å²) in [7, 11) is 0. The molecule has 2 heterocycles. The van der Waals surface area contributed by atoms with E-state index in [9.17, 15) is 9.59 Å². The number of amides is 1. The molecule has 2 N–H and O–H groups in total. The Labute approximate surface area is 235 Å². The Balaban J connectivity index is 1.16. The minimum absolute atomic E-state index is 0.134. The number of nitrogens with zero attached hydrogens (tertiary/aromatic N) is 4. The van der Waals surface area contributed by atoms with Crippen molar-refractivity contribution in [3.63, 3.8) is 0 Å². The number of nitrogens with one attached hydrogen (secondary N) is 2. The van der Waals surface area contributed by atoms with Crippen molar-refractivity contribution in [1.29, 1.82) is 5.26 Å². The molecule has 3 fully saturated rings. The van der Waals surface area contributed by atoms with Gasteiger partial charge in [0.1, 0.15) is 11.4 Å². The number of nitriles is 1. The predicted molar refractivity (Wildman–Crippen MR) is 152 cm³/mol. The van der Waals surface area contributed by atoms with E-state index < -0.39 is 11.7 Å². The lowest BCUT2D eigenvalue weighted by molar-refractivity contribution is -0.125. The van der Waals surface area contributed by atoms with Gasteiger partial charge in [0.05, 0.1) is 29.4 Å². The summed E-state index contributed by atoms with van der Waals surface area (Å²) in [5.41, 5.74) is 1.58. The molecular formula is C31H36N6O3. The number of rotatable bonds is 7. The quantitative estimate of drug-likeness (QED) is 0.448. The molecule has 208 valence electrons. The first-order valence-corrected chi connectivity index (χ1v) is 14.1. The zero-order valence-electron chi connectivity index (χ0n) is 23.4. The van der Waals surface area contributed by atoms with Crippen molar-refractivity contribution in [3.8, 4) is 17.9 Å². The van der Waals surface area contributed by atoms with Gasteiger partial charge in [-0.15, -0.1) is 0 Å². The molecule has 3 aliphatic rings. The first kappa shape index (κ1) is 27.5. The molecule has 1 aliphatic heterocycles. The smallest absolute Gasteiger partial charge is 0.410 e. The molecular weight excluding hydrogens is 504 g/mol. The number of hydrogen-bond donors (Lipinski definition) is 2. The molecule has 40 heavy (non-hydrogen) atoms. The average Bonchev–Trinajstić information content (AvgIpc) is 3.56. The zero-order chi connectivity index (χ0) is 28.3. The van der Waals surface area contributed by atoms with Gasteiger partial charge < -0.3 is 15.4 Å². The van der Waals surface area contributed by atoms with E-state index >= 15 is 0 Å². The number of ether oxygens (including phenoxy) is 1. The minimum Gasteiger partial charge on any atom is -0.444 e. The number of carbonyl (C=O) groups is 2. The lowest BCUT2D eigenvalue weighted by atomic mass is 9.72. The van der Waals surface area contributed by atoms with Crippen LogP contribution in [0, 0.1) is 35.0 Å². The number of ketones is 1. The second kappa shape index (κ2) is 11.6. The highest BCUT2D eigenvalue weighted by Gasteiger charge is 2.39. The predicted octanol–water partition coefficient (Wildman–Crippen LogP) is 5.40. The van der Waals surface area contributed by atoms with E-state index in [1.807, 2.05) is 32.9 Å². The zero-order valence-corrected chi connectivity index (χ0v) is 23.4. The Hall–Kier alpha value is -4.11. The van der Waals surface area contributed by atoms with Crippen LogP contribution >= 0.6 is 0 Å². The van der Waals surface area contributed by atoms with Crippen LogP contribution in [0.15, 0.2) is 30.5 Å². The molecule has 1 atom stereocenters. The van der Waals surface area contributed by atoms with Gasteiger partial charge in [0.25, 0.3) is 0 Å². The highest BCUT2D eigenvalue weighted by atomic mass is 16.6. The van der Waals surface area contributed by atoms with Crippen LogP contribution in [0.5, 0.6) is 0 Å². The number of Topliss-reactive ketones (excluding diaryl/α,β-unsaturated/α-hetero) is 1. The van der Waals surface area contributed by atoms with Crippen molar-refractivity contribution in [3.05, 3.63) is 41.6 Å². The van der Waals surface area contributed by atoms with Crippen LogP contribution in [0.4, 0.5) is 22.2 Å². The number of likely N-dealkylation sites (tertiary alicyclic amines) is 1. The van der Waals surface area contributed by atoms with Gasteiger partial charge in [-0.2, -0.15) is 10.2 Å². The highest BCUT2D eigenvalue weighted by molar-refractivity contribution is 5.88. The van der Waals surface area contributed by atoms with E-state index in [1.54, 1.807) is 23.2 Å². The molecule has 9 heteroatoms. The highest BCUT2D eigenvalue weighted by Crippen LogP contribution is 2.37. The maximum absolute atomic E-state index is 13.0. The van der Waals surface area contributed by atoms with E-state index in [-0.39, 0.29) is 17.7 Å². The molecule has 1 amide bonds. The summed E-state index contributed by atoms with van der Waals surface area (Å²) in [5, 5.41) is 15.6. The summed E-state index contributed by atoms with van der Waals surface area (Å²) in [6.07, 6.45) is 7.34. The molecule has 0 spiro atoms. The topological polar surface area (TPSA) is 120 Å². The van der Waals surface area contributed by atoms with Crippen LogP contribution in [0.1, 0.15) is 76.8 Å². The normalized spacial score (nSPS) is 21.9. The maximum Gasteiger partial charge on any atom is 0.410 e. The molecule has 1 aromatic heterocycles. The van der Waals surface area contributed by atoms with Gasteiger partial charge in [-0.3, -0.25) is 9.69 Å². The van der Waals surface area contributed by atoms with Crippen molar-refractivity contribution in [2.75, 3.05) is 17.2 Å². The van der Waals surface area contributed by atoms with Crippen LogP contribution in [0.2, 0.25) is 0 Å². The Morgan fingerprint density at radius 3 is 2.58 bits per heavy atom. The summed E-state index contributed by atoms with van der Waals surface area (Å²) in [6, 6.07) is 9.29. The minimum atomic E-state index is -0.575. The molecule has 2 aromatic rings. The molecule has 2 saturated carbocycles. The average molecular weight is 541 g/mol. The Kier molecular flexibility index (Phi) is 7.93. The number of aromatic nitrogens is 2. The van der Waals surface area contributed by atoms with E-state index in [4.69, 9.17) is 10.00 Å². The fraction of sp³-hybridized carbons (Fsp3) is 0.516. The first-order chi connectivity index (χ1) is 19.2. The monoisotopic (exact) mass is 540 g/mol. The maximum atomic E-state index is 13.0. The summed E-state index contributed by atoms with van der Waals surface area (Å²) >= 11 is 0. The largest absolute Gasteiger partial charge is 0.444 e. The van der Waals surface area contributed by atoms with Crippen molar-refractivity contribution in [2.24, 2.45) is 11.8 Å². The number of hydrogen-bond acceptors (Lipinski definition) is 8. The molecule has 1 aromatic carbocycles. The van der Waals surface area contributed by atoms with Gasteiger partial charge in [-0.25, -0.2) is 9.78 Å². The van der Waals surface area contributed by atoms with Crippen LogP contribution < -0.4 is 10.6 Å². The second-order valence-electron chi connectivity index (χ2n) is 12.0. The van der Waals surface area contributed by atoms with Crippen LogP contribution in [0.25, 0.3) is 0 Å². The Morgan fingerprint density at radius 1 is 1.15 bits per heavy atom. The third-order valence-electron chi connectivity index (χ3n) is 7.37. The Morgan fingerprint density at radius 2 is 1.90 bits per heavy atom. The molecule has 1 saturated heterocycles. The van der Waals surface area contributed by atoms with Gasteiger partial charge in [0.2, 0.25) is 5.95 Å². The van der Waals surface area contributed by atoms with E-state index in [2.05, 4.69) is 38.5 Å². The summed E-state index contributed by atoms with van der Waals surface area (Å²) in [6.45, 7) is 6.10. The van der Waals surface area contributed by atoms with Crippen LogP contribution in [-0.4, -0.2) is 51.0 Å². The van der Waals surface area contributed by atoms with Gasteiger partial charge in [-0.05, 0) is 89.5 Å². The van der Waals surface area contributed by atoms with E-state index in [0.717, 1.165) is 49.2 Å². The van der Waals surface area contributed by atoms with E-state index in [0.29, 0.717) is 42.9 Å². The third kappa shape index (κ3) is 7.09. The molecule has 0 radical (unpaired) electrons. The molecule has 5 rings (SSSR count). The molecule has 9 nitrogen and oxygen atoms in total. The Bertz CT molecular complexity index is 1350. The first-order valence-electron chi connectivity index (χ1n) is 14.1. The van der Waals surface area contributed by atoms with Gasteiger partial charge in [0.15, 0.2) is 5.78 Å². The third-order valence-corrected chi connectivity index (χ3v) is 7.37. The number of benzene rings is 1. The number of anilines is 3.